The highest BCUT2D eigenvalue weighted by molar-refractivity contribution is 5.96. The van der Waals surface area contributed by atoms with Crippen molar-refractivity contribution in [1.82, 2.24) is 26.2 Å². The van der Waals surface area contributed by atoms with Crippen LogP contribution in [-0.4, -0.2) is 107 Å². The van der Waals surface area contributed by atoms with Crippen molar-refractivity contribution in [1.29, 1.82) is 0 Å². The van der Waals surface area contributed by atoms with Crippen molar-refractivity contribution in [2.75, 3.05) is 19.6 Å². The Hall–Kier alpha value is -4.77. The summed E-state index contributed by atoms with van der Waals surface area (Å²) < 4.78 is 0. The highest BCUT2D eigenvalue weighted by Crippen LogP contribution is 2.21. The summed E-state index contributed by atoms with van der Waals surface area (Å²) in [7, 11) is 0. The molecule has 17 nitrogen and oxygen atoms in total. The zero-order valence-corrected chi connectivity index (χ0v) is 30.4. The van der Waals surface area contributed by atoms with Gasteiger partial charge in [-0.2, -0.15) is 0 Å². The number of guanidine groups is 1. The number of nitrogens with two attached hydrogens (primary N) is 4. The van der Waals surface area contributed by atoms with Crippen molar-refractivity contribution in [3.8, 4) is 0 Å². The second kappa shape index (κ2) is 22.9. The first-order valence-corrected chi connectivity index (χ1v) is 18.1. The summed E-state index contributed by atoms with van der Waals surface area (Å²) in [6, 6.07) is 3.23. The molecule has 13 N–H and O–H groups in total. The number of carbonyl (C=O) groups excluding carboxylic acids is 5. The number of unbranched alkanes of at least 4 members (excludes halogenated alkanes) is 2. The van der Waals surface area contributed by atoms with Gasteiger partial charge >= 0.3 is 5.97 Å². The molecule has 0 unspecified atom stereocenters. The molecular formula is C35H58N10O7. The maximum Gasteiger partial charge on any atom is 0.326 e. The largest absolute Gasteiger partial charge is 0.480 e. The summed E-state index contributed by atoms with van der Waals surface area (Å²) in [5.41, 5.74) is 23.3. The van der Waals surface area contributed by atoms with E-state index in [1.165, 1.54) is 11.8 Å². The predicted octanol–water partition coefficient (Wildman–Crippen LogP) is -1.04. The van der Waals surface area contributed by atoms with Crippen LogP contribution in [-0.2, 0) is 35.2 Å². The van der Waals surface area contributed by atoms with E-state index in [9.17, 15) is 33.9 Å². The van der Waals surface area contributed by atoms with Crippen LogP contribution in [0.1, 0.15) is 83.6 Å². The highest BCUT2D eigenvalue weighted by Gasteiger charge is 2.39. The lowest BCUT2D eigenvalue weighted by Gasteiger charge is -2.30. The molecule has 1 aliphatic rings. The SMILES string of the molecule is CCCC[C@H](NC(=O)[C@@H]1CCCN1C(=O)[C@H](CCCCN)NC(=O)[C@@H](N)Cc1ccccc1)C(=O)N[C@@H](C)C(=O)N[C@@H](CCCN=C(N)N)C(=O)O. The van der Waals surface area contributed by atoms with Crippen molar-refractivity contribution in [3.63, 3.8) is 0 Å². The third kappa shape index (κ3) is 14.8. The lowest BCUT2D eigenvalue weighted by Crippen LogP contribution is -2.58. The van der Waals surface area contributed by atoms with Gasteiger partial charge in [0.1, 0.15) is 30.2 Å². The van der Waals surface area contributed by atoms with Crippen LogP contribution >= 0.6 is 0 Å². The van der Waals surface area contributed by atoms with E-state index < -0.39 is 71.8 Å². The summed E-state index contributed by atoms with van der Waals surface area (Å²) in [6.07, 6.45) is 4.63. The summed E-state index contributed by atoms with van der Waals surface area (Å²) in [4.78, 5) is 83.9. The maximum absolute atomic E-state index is 13.9. The number of aliphatic carboxylic acids is 1. The smallest absolute Gasteiger partial charge is 0.326 e. The average molecular weight is 731 g/mol. The fraction of sp³-hybridized carbons (Fsp3) is 0.629. The van der Waals surface area contributed by atoms with Gasteiger partial charge in [0.05, 0.1) is 6.04 Å². The molecule has 0 saturated carbocycles. The number of benzene rings is 1. The quantitative estimate of drug-likeness (QED) is 0.0372. The normalized spacial score (nSPS) is 16.8. The number of hydrogen-bond acceptors (Lipinski definition) is 9. The second-order valence-corrected chi connectivity index (χ2v) is 13.1. The molecule has 1 aliphatic heterocycles. The van der Waals surface area contributed by atoms with Gasteiger partial charge in [0.15, 0.2) is 5.96 Å². The molecule has 1 fully saturated rings. The van der Waals surface area contributed by atoms with Gasteiger partial charge in [-0.1, -0.05) is 50.1 Å². The van der Waals surface area contributed by atoms with Gasteiger partial charge in [-0.15, -0.1) is 0 Å². The van der Waals surface area contributed by atoms with E-state index in [2.05, 4.69) is 26.3 Å². The third-order valence-corrected chi connectivity index (χ3v) is 8.83. The molecular weight excluding hydrogens is 672 g/mol. The molecule has 6 atom stereocenters. The number of nitrogens with one attached hydrogen (secondary N) is 4. The first-order valence-electron chi connectivity index (χ1n) is 18.1. The summed E-state index contributed by atoms with van der Waals surface area (Å²) >= 11 is 0. The van der Waals surface area contributed by atoms with Crippen molar-refractivity contribution in [2.24, 2.45) is 27.9 Å². The Labute approximate surface area is 305 Å². The molecule has 290 valence electrons. The van der Waals surface area contributed by atoms with E-state index in [1.54, 1.807) is 0 Å². The monoisotopic (exact) mass is 730 g/mol. The van der Waals surface area contributed by atoms with Gasteiger partial charge in [0, 0.05) is 13.1 Å². The molecule has 0 spiro atoms. The molecule has 5 amide bonds. The number of amides is 5. The van der Waals surface area contributed by atoms with Crippen molar-refractivity contribution >= 4 is 41.5 Å². The Bertz CT molecular complexity index is 1360. The van der Waals surface area contributed by atoms with Gasteiger partial charge in [0.2, 0.25) is 29.5 Å². The van der Waals surface area contributed by atoms with Crippen LogP contribution in [0, 0.1) is 0 Å². The minimum absolute atomic E-state index is 0.0579. The number of nitrogens with zero attached hydrogens (tertiary/aromatic N) is 2. The Morgan fingerprint density at radius 1 is 0.865 bits per heavy atom. The number of hydrogen-bond donors (Lipinski definition) is 9. The number of carboxylic acid groups (broad SMARTS) is 1. The fourth-order valence-electron chi connectivity index (χ4n) is 5.88. The molecule has 17 heteroatoms. The van der Waals surface area contributed by atoms with Crippen LogP contribution in [0.5, 0.6) is 0 Å². The lowest BCUT2D eigenvalue weighted by atomic mass is 10.0. The average Bonchev–Trinajstić information content (AvgIpc) is 3.61. The van der Waals surface area contributed by atoms with E-state index >= 15 is 0 Å². The number of rotatable bonds is 23. The zero-order chi connectivity index (χ0) is 38.6. The Morgan fingerprint density at radius 3 is 2.15 bits per heavy atom. The standard InChI is InChI=1S/C35H58N10O7/c1-3-4-14-25(31(48)41-22(2)29(46)44-27(34(51)52)16-10-19-40-35(38)39)42-32(49)28-17-11-20-45(28)33(50)26(15-8-9-18-36)43-30(47)24(37)21-23-12-6-5-7-13-23/h5-7,12-13,22,24-28H,3-4,8-11,14-21,36-37H2,1-2H3,(H,41,48)(H,42,49)(H,43,47)(H,44,46)(H,51,52)(H4,38,39,40)/t22-,24-,25-,26-,27-,28-/m0/s1. The molecule has 2 rings (SSSR count). The number of carbonyl (C=O) groups is 6. The molecule has 1 heterocycles. The Kier molecular flexibility index (Phi) is 19.1. The Balaban J connectivity index is 2.10. The van der Waals surface area contributed by atoms with Crippen LogP contribution in [0.2, 0.25) is 0 Å². The van der Waals surface area contributed by atoms with Gasteiger partial charge in [0.25, 0.3) is 0 Å². The topological polar surface area (TPSA) is 290 Å². The van der Waals surface area contributed by atoms with Crippen molar-refractivity contribution in [3.05, 3.63) is 35.9 Å². The molecule has 0 radical (unpaired) electrons. The van der Waals surface area contributed by atoms with Gasteiger partial charge in [-0.05, 0) is 76.8 Å². The van der Waals surface area contributed by atoms with Crippen LogP contribution in [0.25, 0.3) is 0 Å². The van der Waals surface area contributed by atoms with E-state index in [-0.39, 0.29) is 38.3 Å². The maximum atomic E-state index is 13.9. The molecule has 0 bridgehead atoms. The zero-order valence-electron chi connectivity index (χ0n) is 30.4. The van der Waals surface area contributed by atoms with Crippen molar-refractivity contribution < 1.29 is 33.9 Å². The van der Waals surface area contributed by atoms with Crippen LogP contribution < -0.4 is 44.2 Å². The number of aliphatic imine (C=N–C) groups is 1. The summed E-state index contributed by atoms with van der Waals surface area (Å²) in [6.45, 7) is 4.22. The van der Waals surface area contributed by atoms with E-state index in [0.717, 1.165) is 12.0 Å². The molecule has 1 aromatic carbocycles. The first-order chi connectivity index (χ1) is 24.8. The molecule has 52 heavy (non-hydrogen) atoms. The summed E-state index contributed by atoms with van der Waals surface area (Å²) in [5, 5.41) is 20.1. The van der Waals surface area contributed by atoms with Crippen molar-refractivity contribution in [2.45, 2.75) is 121 Å². The van der Waals surface area contributed by atoms with Crippen LogP contribution in [0.4, 0.5) is 0 Å². The molecule has 1 aromatic rings. The lowest BCUT2D eigenvalue weighted by molar-refractivity contribution is -0.143. The second-order valence-electron chi connectivity index (χ2n) is 13.1. The van der Waals surface area contributed by atoms with Crippen LogP contribution in [0.15, 0.2) is 35.3 Å². The van der Waals surface area contributed by atoms with E-state index in [1.807, 2.05) is 37.3 Å². The Morgan fingerprint density at radius 2 is 1.52 bits per heavy atom. The fourth-order valence-corrected chi connectivity index (χ4v) is 5.88. The minimum atomic E-state index is -1.25. The van der Waals surface area contributed by atoms with Crippen LogP contribution in [0.3, 0.4) is 0 Å². The predicted molar refractivity (Wildman–Crippen MR) is 196 cm³/mol. The summed E-state index contributed by atoms with van der Waals surface area (Å²) in [5.74, 6) is -4.15. The van der Waals surface area contributed by atoms with Gasteiger partial charge in [-0.3, -0.25) is 29.0 Å². The van der Waals surface area contributed by atoms with Gasteiger partial charge < -0.3 is 54.2 Å². The molecule has 1 saturated heterocycles. The minimum Gasteiger partial charge on any atom is -0.480 e. The molecule has 0 aromatic heterocycles. The van der Waals surface area contributed by atoms with Gasteiger partial charge in [-0.25, -0.2) is 4.79 Å². The van der Waals surface area contributed by atoms with E-state index in [4.69, 9.17) is 22.9 Å². The number of carboxylic acids is 1. The first kappa shape index (κ1) is 43.4. The van der Waals surface area contributed by atoms with E-state index in [0.29, 0.717) is 51.5 Å². The number of likely N-dealkylation sites (tertiary alicyclic amines) is 1. The third-order valence-electron chi connectivity index (χ3n) is 8.83. The molecule has 0 aliphatic carbocycles. The highest BCUT2D eigenvalue weighted by atomic mass is 16.4.